The highest BCUT2D eigenvalue weighted by Gasteiger charge is 2.24. The van der Waals surface area contributed by atoms with E-state index in [2.05, 4.69) is 21.8 Å². The Labute approximate surface area is 121 Å². The molecule has 112 valence electrons. The summed E-state index contributed by atoms with van der Waals surface area (Å²) in [6.07, 6.45) is 8.06. The van der Waals surface area contributed by atoms with Crippen LogP contribution >= 0.6 is 0 Å². The van der Waals surface area contributed by atoms with Gasteiger partial charge < -0.3 is 15.4 Å². The first-order chi connectivity index (χ1) is 9.60. The van der Waals surface area contributed by atoms with Gasteiger partial charge in [0.25, 0.3) is 0 Å². The van der Waals surface area contributed by atoms with Crippen molar-refractivity contribution < 1.29 is 4.74 Å². The van der Waals surface area contributed by atoms with Crippen LogP contribution in [0, 0.1) is 0 Å². The molecular weight excluding hydrogens is 252 g/mol. The first-order valence-electron chi connectivity index (χ1n) is 7.61. The monoisotopic (exact) mass is 278 g/mol. The van der Waals surface area contributed by atoms with Crippen molar-refractivity contribution in [2.24, 2.45) is 5.73 Å². The highest BCUT2D eigenvalue weighted by Crippen LogP contribution is 2.26. The molecule has 1 saturated carbocycles. The van der Waals surface area contributed by atoms with E-state index in [0.29, 0.717) is 18.0 Å². The van der Waals surface area contributed by atoms with E-state index in [0.717, 1.165) is 38.0 Å². The molecule has 2 rings (SSSR count). The van der Waals surface area contributed by atoms with E-state index in [4.69, 9.17) is 10.5 Å². The lowest BCUT2D eigenvalue weighted by Gasteiger charge is -2.36. The van der Waals surface area contributed by atoms with Gasteiger partial charge in [-0.25, -0.2) is 0 Å². The molecule has 0 unspecified atom stereocenters. The lowest BCUT2D eigenvalue weighted by molar-refractivity contribution is 0.231. The molecule has 20 heavy (non-hydrogen) atoms. The van der Waals surface area contributed by atoms with Crippen molar-refractivity contribution in [3.8, 4) is 5.88 Å². The summed E-state index contributed by atoms with van der Waals surface area (Å²) >= 11 is 0. The minimum Gasteiger partial charge on any atom is -0.474 e. The summed E-state index contributed by atoms with van der Waals surface area (Å²) in [4.78, 5) is 11.2. The molecule has 5 nitrogen and oxygen atoms in total. The maximum Gasteiger partial charge on any atom is 0.234 e. The van der Waals surface area contributed by atoms with Crippen molar-refractivity contribution in [1.29, 1.82) is 0 Å². The third kappa shape index (κ3) is 3.82. The number of hydrogen-bond acceptors (Lipinski definition) is 5. The Hall–Kier alpha value is -1.36. The van der Waals surface area contributed by atoms with Gasteiger partial charge in [-0.3, -0.25) is 4.98 Å². The third-order valence-electron chi connectivity index (χ3n) is 3.77. The third-order valence-corrected chi connectivity index (χ3v) is 3.77. The van der Waals surface area contributed by atoms with Gasteiger partial charge in [0, 0.05) is 18.6 Å². The molecule has 0 aliphatic heterocycles. The van der Waals surface area contributed by atoms with Crippen molar-refractivity contribution in [2.75, 3.05) is 11.4 Å². The van der Waals surface area contributed by atoms with Gasteiger partial charge >= 0.3 is 0 Å². The number of rotatable bonds is 5. The standard InChI is InChI=1S/C15H26N4O/c1-4-19(13-7-5-12(16)6-8-13)14-9-17-10-15(18-14)20-11(2)3/h9-13H,4-8,16H2,1-3H3. The van der Waals surface area contributed by atoms with E-state index in [1.807, 2.05) is 20.0 Å². The zero-order valence-electron chi connectivity index (χ0n) is 12.7. The maximum absolute atomic E-state index is 5.99. The highest BCUT2D eigenvalue weighted by atomic mass is 16.5. The fourth-order valence-corrected chi connectivity index (χ4v) is 2.80. The van der Waals surface area contributed by atoms with Crippen LogP contribution in [0.1, 0.15) is 46.5 Å². The number of nitrogens with two attached hydrogens (primary N) is 1. The quantitative estimate of drug-likeness (QED) is 0.895. The van der Waals surface area contributed by atoms with Gasteiger partial charge in [-0.2, -0.15) is 4.98 Å². The van der Waals surface area contributed by atoms with Gasteiger partial charge in [0.2, 0.25) is 5.88 Å². The van der Waals surface area contributed by atoms with Crippen molar-refractivity contribution >= 4 is 5.82 Å². The predicted molar refractivity (Wildman–Crippen MR) is 81.0 cm³/mol. The minimum atomic E-state index is 0.113. The van der Waals surface area contributed by atoms with Crippen molar-refractivity contribution in [3.63, 3.8) is 0 Å². The summed E-state index contributed by atoms with van der Waals surface area (Å²) in [5, 5.41) is 0. The summed E-state index contributed by atoms with van der Waals surface area (Å²) in [6, 6.07) is 0.884. The number of ether oxygens (including phenoxy) is 1. The Morgan fingerprint density at radius 1 is 1.30 bits per heavy atom. The molecule has 1 aromatic rings. The fourth-order valence-electron chi connectivity index (χ4n) is 2.80. The van der Waals surface area contributed by atoms with E-state index in [1.54, 1.807) is 6.20 Å². The molecule has 2 N–H and O–H groups in total. The second kappa shape index (κ2) is 6.88. The SMILES string of the molecule is CCN(c1cncc(OC(C)C)n1)C1CCC(N)CC1. The Morgan fingerprint density at radius 3 is 2.60 bits per heavy atom. The molecule has 0 bridgehead atoms. The van der Waals surface area contributed by atoms with Crippen LogP contribution in [0.2, 0.25) is 0 Å². The summed E-state index contributed by atoms with van der Waals surface area (Å²) < 4.78 is 5.63. The van der Waals surface area contributed by atoms with Gasteiger partial charge in [0.1, 0.15) is 0 Å². The first kappa shape index (κ1) is 15.0. The number of hydrogen-bond donors (Lipinski definition) is 1. The van der Waals surface area contributed by atoms with Gasteiger partial charge in [-0.15, -0.1) is 0 Å². The molecular formula is C15H26N4O. The zero-order valence-corrected chi connectivity index (χ0v) is 12.7. The Kier molecular flexibility index (Phi) is 5.17. The summed E-state index contributed by atoms with van der Waals surface area (Å²) in [5.74, 6) is 1.51. The predicted octanol–water partition coefficient (Wildman–Crippen LogP) is 2.36. The summed E-state index contributed by atoms with van der Waals surface area (Å²) in [6.45, 7) is 7.08. The number of anilines is 1. The van der Waals surface area contributed by atoms with Crippen molar-refractivity contribution in [2.45, 2.75) is 64.6 Å². The Balaban J connectivity index is 2.10. The van der Waals surface area contributed by atoms with Crippen LogP contribution in [-0.2, 0) is 0 Å². The van der Waals surface area contributed by atoms with Crippen LogP contribution in [0.25, 0.3) is 0 Å². The molecule has 1 aliphatic carbocycles. The number of nitrogens with zero attached hydrogens (tertiary/aromatic N) is 3. The van der Waals surface area contributed by atoms with Crippen LogP contribution in [0.3, 0.4) is 0 Å². The second-order valence-electron chi connectivity index (χ2n) is 5.74. The molecule has 0 saturated heterocycles. The minimum absolute atomic E-state index is 0.113. The van der Waals surface area contributed by atoms with E-state index in [9.17, 15) is 0 Å². The van der Waals surface area contributed by atoms with E-state index in [1.165, 1.54) is 0 Å². The molecule has 0 aromatic carbocycles. The van der Waals surface area contributed by atoms with Crippen LogP contribution in [0.4, 0.5) is 5.82 Å². The van der Waals surface area contributed by atoms with Crippen LogP contribution in [-0.4, -0.2) is 34.7 Å². The molecule has 1 heterocycles. The van der Waals surface area contributed by atoms with Gasteiger partial charge in [0.05, 0.1) is 18.5 Å². The van der Waals surface area contributed by atoms with E-state index in [-0.39, 0.29) is 6.10 Å². The molecule has 1 aliphatic rings. The van der Waals surface area contributed by atoms with E-state index >= 15 is 0 Å². The summed E-state index contributed by atoms with van der Waals surface area (Å²) in [7, 11) is 0. The van der Waals surface area contributed by atoms with Crippen molar-refractivity contribution in [3.05, 3.63) is 12.4 Å². The molecule has 1 aromatic heterocycles. The molecule has 0 amide bonds. The molecule has 1 fully saturated rings. The number of aromatic nitrogens is 2. The molecule has 0 spiro atoms. The smallest absolute Gasteiger partial charge is 0.234 e. The lowest BCUT2D eigenvalue weighted by Crippen LogP contribution is -2.41. The first-order valence-corrected chi connectivity index (χ1v) is 7.61. The van der Waals surface area contributed by atoms with Crippen molar-refractivity contribution in [1.82, 2.24) is 9.97 Å². The van der Waals surface area contributed by atoms with Crippen LogP contribution in [0.15, 0.2) is 12.4 Å². The Morgan fingerprint density at radius 2 is 2.00 bits per heavy atom. The topological polar surface area (TPSA) is 64.3 Å². The Bertz CT molecular complexity index is 416. The highest BCUT2D eigenvalue weighted by molar-refractivity contribution is 5.39. The van der Waals surface area contributed by atoms with Gasteiger partial charge in [0.15, 0.2) is 5.82 Å². The molecule has 5 heteroatoms. The zero-order chi connectivity index (χ0) is 14.5. The normalized spacial score (nSPS) is 22.9. The molecule has 0 atom stereocenters. The summed E-state index contributed by atoms with van der Waals surface area (Å²) in [5.41, 5.74) is 5.99. The maximum atomic E-state index is 5.99. The average molecular weight is 278 g/mol. The molecule has 0 radical (unpaired) electrons. The average Bonchev–Trinajstić information content (AvgIpc) is 2.41. The second-order valence-corrected chi connectivity index (χ2v) is 5.74. The lowest BCUT2D eigenvalue weighted by atomic mass is 9.91. The van der Waals surface area contributed by atoms with Crippen LogP contribution in [0.5, 0.6) is 5.88 Å². The van der Waals surface area contributed by atoms with E-state index < -0.39 is 0 Å². The fraction of sp³-hybridized carbons (Fsp3) is 0.733. The van der Waals surface area contributed by atoms with Crippen LogP contribution < -0.4 is 15.4 Å². The van der Waals surface area contributed by atoms with Gasteiger partial charge in [-0.1, -0.05) is 0 Å². The largest absolute Gasteiger partial charge is 0.474 e. The van der Waals surface area contributed by atoms with Gasteiger partial charge in [-0.05, 0) is 46.5 Å².